The van der Waals surface area contributed by atoms with Crippen LogP contribution in [-0.2, 0) is 44.8 Å². The number of hydrogen-bond acceptors (Lipinski definition) is 0. The van der Waals surface area contributed by atoms with E-state index in [2.05, 4.69) is 24.3 Å². The van der Waals surface area contributed by atoms with Crippen molar-refractivity contribution < 1.29 is 93.1 Å². The first-order valence-electron chi connectivity index (χ1n) is 27.4. The Kier molecular flexibility index (Phi) is 30.6. The molecule has 17 heteroatoms. The monoisotopic (exact) mass is 1510 g/mol. The molecule has 0 unspecified atom stereocenters. The van der Waals surface area contributed by atoms with Gasteiger partial charge in [0.15, 0.2) is 0 Å². The van der Waals surface area contributed by atoms with E-state index < -0.39 is 31.7 Å². The molecular weight excluding hydrogens is 1450 g/mol. The molecule has 0 fully saturated rings. The molecule has 478 valence electrons. The summed E-state index contributed by atoms with van der Waals surface area (Å²) in [6.45, 7) is 2.05. The Morgan fingerprint density at radius 1 is 0.152 bits per heavy atom. The number of hydrogen-bond donors (Lipinski definition) is 0. The Morgan fingerprint density at radius 3 is 0.315 bits per heavy atom. The predicted molar refractivity (Wildman–Crippen MR) is 363 cm³/mol. The average molecular weight is 1510 g/mol. The van der Waals surface area contributed by atoms with E-state index >= 15 is 0 Å². The van der Waals surface area contributed by atoms with Gasteiger partial charge in [-0.2, -0.15) is 0 Å². The topological polar surface area (TPSA) is 0 Å². The van der Waals surface area contributed by atoms with Crippen LogP contribution in [-0.4, -0.2) is 0 Å². The van der Waals surface area contributed by atoms with E-state index in [0.29, 0.717) is 0 Å². The van der Waals surface area contributed by atoms with Crippen molar-refractivity contribution >= 4 is 95.3 Å². The predicted octanol–water partition coefficient (Wildman–Crippen LogP) is 15.4. The van der Waals surface area contributed by atoms with E-state index in [-0.39, 0.29) is 124 Å². The van der Waals surface area contributed by atoms with Crippen molar-refractivity contribution in [2.24, 2.45) is 0 Å². The maximum Gasteiger partial charge on any atom is 0.123 e. The first-order valence-corrected chi connectivity index (χ1v) is 33.4. The first-order chi connectivity index (χ1) is 42.5. The zero-order chi connectivity index (χ0) is 62.1. The van der Waals surface area contributed by atoms with Gasteiger partial charge in [0.25, 0.3) is 0 Å². The summed E-state index contributed by atoms with van der Waals surface area (Å²) in [6.07, 6.45) is 0. The minimum absolute atomic E-state index is 0. The van der Waals surface area contributed by atoms with Gasteiger partial charge >= 0.3 is 0 Å². The van der Waals surface area contributed by atoms with Gasteiger partial charge in [0.05, 0.1) is 31.7 Å². The largest absolute Gasteiger partial charge is 0.358 e. The molecule has 0 nitrogen and oxygen atoms in total. The summed E-state index contributed by atoms with van der Waals surface area (Å²) >= 11 is 0. The Balaban J connectivity index is 0.000000219. The van der Waals surface area contributed by atoms with Gasteiger partial charge in [-0.25, -0.2) is 48.3 Å². The molecule has 12 rings (SSSR count). The molecule has 0 heterocycles. The second-order valence-electron chi connectivity index (χ2n) is 19.9. The molecule has 2 radical (unpaired) electrons. The van der Waals surface area contributed by atoms with Crippen molar-refractivity contribution in [1.82, 2.24) is 0 Å². The third-order valence-corrected chi connectivity index (χ3v) is 24.7. The first kappa shape index (κ1) is 75.8. The molecule has 0 atom stereocenters. The molecule has 92 heavy (non-hydrogen) atoms. The van der Waals surface area contributed by atoms with E-state index in [1.165, 1.54) is 144 Å². The standard InChI is InChI=1S/C19H15F2P.3C18H12F3P.2CH3.2Ag/c1-14-2-8-17(9-3-14)22(18-10-4-15(20)5-11-18)19-12-6-16(21)7-13-19;3*19-13-1-7-16(8-2-13)22(17-9-3-14(20)4-10-17)18-11-5-15(21)6-12-18;;;;/h2-13H,1H3;3*1-12H;2*1H3;;/q;;;;2*-1;;/p+4. The fraction of sp³-hybridized carbons (Fsp3) is 0.0133. The molecule has 0 aliphatic carbocycles. The summed E-state index contributed by atoms with van der Waals surface area (Å²) in [6, 6.07) is 78.2. The third-order valence-electron chi connectivity index (χ3n) is 13.8. The van der Waals surface area contributed by atoms with Crippen LogP contribution in [0.2, 0.25) is 0 Å². The van der Waals surface area contributed by atoms with Crippen LogP contribution in [0, 0.1) is 85.8 Å². The zero-order valence-corrected chi connectivity index (χ0v) is 56.4. The molecule has 0 N–H and O–H groups in total. The Hall–Kier alpha value is -6.93. The molecule has 0 aromatic heterocycles. The van der Waals surface area contributed by atoms with E-state index in [0.717, 1.165) is 58.3 Å². The van der Waals surface area contributed by atoms with Crippen molar-refractivity contribution in [2.45, 2.75) is 6.92 Å². The Morgan fingerprint density at radius 2 is 0.228 bits per heavy atom. The molecule has 0 saturated carbocycles. The number of halogens is 11. The minimum Gasteiger partial charge on any atom is -0.358 e. The fourth-order valence-corrected chi connectivity index (χ4v) is 19.5. The van der Waals surface area contributed by atoms with Crippen LogP contribution in [0.1, 0.15) is 5.56 Å². The number of rotatable bonds is 12. The maximum atomic E-state index is 13.2. The summed E-state index contributed by atoms with van der Waals surface area (Å²) in [4.78, 5) is 0. The van der Waals surface area contributed by atoms with Crippen LogP contribution in [0.3, 0.4) is 0 Å². The summed E-state index contributed by atoms with van der Waals surface area (Å²) in [5, 5.41) is 12.0. The molecular formula is C75H61Ag2F11P4+2. The summed E-state index contributed by atoms with van der Waals surface area (Å²) in [7, 11) is -5.54. The van der Waals surface area contributed by atoms with Gasteiger partial charge in [-0.15, -0.1) is 0 Å². The van der Waals surface area contributed by atoms with Crippen molar-refractivity contribution in [3.05, 3.63) is 376 Å². The molecule has 0 spiro atoms. The SMILES string of the molecule is Cc1ccc([PH+](c2ccc(F)cc2)c2ccc(F)cc2)cc1.Fc1ccc([PH+](c2ccc(F)cc2)c2ccc(F)cc2)cc1.Fc1ccc([PH+](c2ccc(F)cc2)c2ccc(F)cc2)cc1.Fc1ccc([PH+](c2ccc(F)cc2)c2ccc(F)cc2)cc1.[Ag].[Ag].[CH3-].[CH3-]. The fourth-order valence-electron chi connectivity index (χ4n) is 9.50. The average Bonchev–Trinajstić information content (AvgIpc) is 1.01. The van der Waals surface area contributed by atoms with Crippen LogP contribution in [0.15, 0.2) is 291 Å². The second-order valence-corrected chi connectivity index (χ2v) is 29.9. The molecule has 0 amide bonds. The maximum absolute atomic E-state index is 13.2. The smallest absolute Gasteiger partial charge is 0.123 e. The van der Waals surface area contributed by atoms with Gasteiger partial charge < -0.3 is 14.9 Å². The van der Waals surface area contributed by atoms with Crippen LogP contribution >= 0.6 is 31.7 Å². The van der Waals surface area contributed by atoms with Crippen molar-refractivity contribution in [3.63, 3.8) is 0 Å². The van der Waals surface area contributed by atoms with Gasteiger partial charge in [-0.1, -0.05) is 17.7 Å². The summed E-state index contributed by atoms with van der Waals surface area (Å²) in [5.74, 6) is -3.21. The van der Waals surface area contributed by atoms with Gasteiger partial charge in [-0.05, 0) is 286 Å². The minimum atomic E-state index is -1.43. The van der Waals surface area contributed by atoms with Gasteiger partial charge in [0.1, 0.15) is 128 Å². The van der Waals surface area contributed by atoms with Gasteiger partial charge in [0.2, 0.25) is 0 Å². The Bertz CT molecular complexity index is 3120. The van der Waals surface area contributed by atoms with Gasteiger partial charge in [-0.3, -0.25) is 0 Å². The Labute approximate surface area is 566 Å². The molecule has 12 aromatic rings. The molecule has 0 bridgehead atoms. The van der Waals surface area contributed by atoms with E-state index in [9.17, 15) is 48.3 Å². The normalized spacial score (nSPS) is 10.4. The van der Waals surface area contributed by atoms with Crippen LogP contribution in [0.5, 0.6) is 0 Å². The second kappa shape index (κ2) is 37.1. The van der Waals surface area contributed by atoms with Crippen LogP contribution in [0.25, 0.3) is 0 Å². The van der Waals surface area contributed by atoms with Crippen LogP contribution in [0.4, 0.5) is 48.3 Å². The molecule has 0 aliphatic heterocycles. The molecule has 12 aromatic carbocycles. The zero-order valence-electron chi connectivity index (χ0n) is 49.5. The number of aryl methyl sites for hydroxylation is 1. The molecule has 0 saturated heterocycles. The van der Waals surface area contributed by atoms with E-state index in [1.807, 2.05) is 31.2 Å². The van der Waals surface area contributed by atoms with Crippen molar-refractivity contribution in [1.29, 1.82) is 0 Å². The quantitative estimate of drug-likeness (QED) is 0.0495. The van der Waals surface area contributed by atoms with Crippen LogP contribution < -0.4 is 63.7 Å². The van der Waals surface area contributed by atoms with Crippen molar-refractivity contribution in [2.75, 3.05) is 0 Å². The molecule has 0 aliphatic rings. The van der Waals surface area contributed by atoms with E-state index in [1.54, 1.807) is 109 Å². The summed E-state index contributed by atoms with van der Waals surface area (Å²) in [5.41, 5.74) is 1.20. The third kappa shape index (κ3) is 21.6. The summed E-state index contributed by atoms with van der Waals surface area (Å²) < 4.78 is 145. The van der Waals surface area contributed by atoms with Gasteiger partial charge in [0, 0.05) is 44.8 Å². The number of benzene rings is 12. The van der Waals surface area contributed by atoms with E-state index in [4.69, 9.17) is 0 Å². The van der Waals surface area contributed by atoms with Crippen molar-refractivity contribution in [3.8, 4) is 0 Å².